The Labute approximate surface area is 131 Å². The molecule has 2 aromatic rings. The number of rotatable bonds is 5. The SMILES string of the molecule is O=C(CC1(CS)CC1)Nc1ccccc1-c1ccccc1. The minimum Gasteiger partial charge on any atom is -0.325 e. The summed E-state index contributed by atoms with van der Waals surface area (Å²) in [6.45, 7) is 0. The molecule has 1 amide bonds. The van der Waals surface area contributed by atoms with Gasteiger partial charge in [0.1, 0.15) is 0 Å². The van der Waals surface area contributed by atoms with Crippen molar-refractivity contribution in [1.29, 1.82) is 0 Å². The molecule has 0 aliphatic heterocycles. The zero-order chi connectivity index (χ0) is 14.7. The first kappa shape index (κ1) is 14.2. The predicted molar refractivity (Wildman–Crippen MR) is 90.6 cm³/mol. The van der Waals surface area contributed by atoms with E-state index in [0.717, 1.165) is 35.4 Å². The van der Waals surface area contributed by atoms with Crippen LogP contribution in [0.3, 0.4) is 0 Å². The van der Waals surface area contributed by atoms with Crippen molar-refractivity contribution in [3.05, 3.63) is 54.6 Å². The first-order valence-electron chi connectivity index (χ1n) is 7.28. The second kappa shape index (κ2) is 5.94. The van der Waals surface area contributed by atoms with Crippen LogP contribution >= 0.6 is 12.6 Å². The highest BCUT2D eigenvalue weighted by molar-refractivity contribution is 7.80. The van der Waals surface area contributed by atoms with Gasteiger partial charge in [-0.1, -0.05) is 48.5 Å². The summed E-state index contributed by atoms with van der Waals surface area (Å²) in [5, 5.41) is 3.07. The maximum Gasteiger partial charge on any atom is 0.224 e. The molecular weight excluding hydrogens is 278 g/mol. The number of anilines is 1. The summed E-state index contributed by atoms with van der Waals surface area (Å²) in [6, 6.07) is 18.1. The van der Waals surface area contributed by atoms with Crippen molar-refractivity contribution in [3.63, 3.8) is 0 Å². The van der Waals surface area contributed by atoms with Crippen LogP contribution < -0.4 is 5.32 Å². The van der Waals surface area contributed by atoms with E-state index < -0.39 is 0 Å². The molecule has 0 aromatic heterocycles. The third-order valence-corrected chi connectivity index (χ3v) is 4.78. The van der Waals surface area contributed by atoms with Crippen molar-refractivity contribution in [3.8, 4) is 11.1 Å². The Bertz CT molecular complexity index is 635. The number of amides is 1. The zero-order valence-corrected chi connectivity index (χ0v) is 12.8. The van der Waals surface area contributed by atoms with E-state index in [9.17, 15) is 4.79 Å². The minimum absolute atomic E-state index is 0.0879. The summed E-state index contributed by atoms with van der Waals surface area (Å²) in [4.78, 5) is 12.3. The quantitative estimate of drug-likeness (QED) is 0.787. The molecule has 1 N–H and O–H groups in total. The predicted octanol–water partition coefficient (Wildman–Crippen LogP) is 4.39. The number of benzene rings is 2. The van der Waals surface area contributed by atoms with E-state index in [0.29, 0.717) is 6.42 Å². The van der Waals surface area contributed by atoms with Crippen molar-refractivity contribution in [2.75, 3.05) is 11.1 Å². The van der Waals surface area contributed by atoms with Gasteiger partial charge >= 0.3 is 0 Å². The van der Waals surface area contributed by atoms with Crippen LogP contribution in [0, 0.1) is 5.41 Å². The highest BCUT2D eigenvalue weighted by Gasteiger charge is 2.42. The Morgan fingerprint density at radius 1 is 1.05 bits per heavy atom. The molecule has 0 unspecified atom stereocenters. The molecule has 0 heterocycles. The van der Waals surface area contributed by atoms with Crippen molar-refractivity contribution >= 4 is 24.2 Å². The molecule has 0 spiro atoms. The van der Waals surface area contributed by atoms with Gasteiger partial charge in [0.2, 0.25) is 5.91 Å². The maximum absolute atomic E-state index is 12.3. The first-order valence-corrected chi connectivity index (χ1v) is 7.91. The Kier molecular flexibility index (Phi) is 4.02. The molecule has 108 valence electrons. The average Bonchev–Trinajstić information content (AvgIpc) is 3.29. The van der Waals surface area contributed by atoms with Crippen LogP contribution in [-0.2, 0) is 4.79 Å². The van der Waals surface area contributed by atoms with Gasteiger partial charge in [0, 0.05) is 17.7 Å². The Balaban J connectivity index is 1.78. The Morgan fingerprint density at radius 2 is 1.71 bits per heavy atom. The molecule has 21 heavy (non-hydrogen) atoms. The van der Waals surface area contributed by atoms with E-state index in [1.165, 1.54) is 0 Å². The number of para-hydroxylation sites is 1. The molecule has 1 fully saturated rings. The van der Waals surface area contributed by atoms with Gasteiger partial charge in [0.05, 0.1) is 0 Å². The molecule has 0 saturated heterocycles. The van der Waals surface area contributed by atoms with Crippen LogP contribution in [-0.4, -0.2) is 11.7 Å². The van der Waals surface area contributed by atoms with E-state index in [2.05, 4.69) is 30.1 Å². The van der Waals surface area contributed by atoms with Crippen LogP contribution in [0.25, 0.3) is 11.1 Å². The van der Waals surface area contributed by atoms with Crippen molar-refractivity contribution in [1.82, 2.24) is 0 Å². The van der Waals surface area contributed by atoms with Gasteiger partial charge in [-0.3, -0.25) is 4.79 Å². The largest absolute Gasteiger partial charge is 0.325 e. The number of carbonyl (C=O) groups is 1. The van der Waals surface area contributed by atoms with E-state index in [4.69, 9.17) is 0 Å². The highest BCUT2D eigenvalue weighted by atomic mass is 32.1. The Morgan fingerprint density at radius 3 is 2.38 bits per heavy atom. The molecule has 0 atom stereocenters. The third-order valence-electron chi connectivity index (χ3n) is 4.11. The fourth-order valence-corrected chi connectivity index (χ4v) is 2.99. The fourth-order valence-electron chi connectivity index (χ4n) is 2.56. The van der Waals surface area contributed by atoms with Gasteiger partial charge in [-0.05, 0) is 35.6 Å². The lowest BCUT2D eigenvalue weighted by Gasteiger charge is -2.14. The standard InChI is InChI=1S/C18H19NOS/c20-17(12-18(13-21)10-11-18)19-16-9-5-4-8-15(16)14-6-2-1-3-7-14/h1-9,21H,10-13H2,(H,19,20). The summed E-state index contributed by atoms with van der Waals surface area (Å²) in [7, 11) is 0. The molecule has 0 radical (unpaired) electrons. The van der Waals surface area contributed by atoms with Gasteiger partial charge in [-0.25, -0.2) is 0 Å². The maximum atomic E-state index is 12.3. The van der Waals surface area contributed by atoms with Gasteiger partial charge in [-0.2, -0.15) is 12.6 Å². The second-order valence-corrected chi connectivity index (χ2v) is 6.11. The Hall–Kier alpha value is -1.74. The van der Waals surface area contributed by atoms with E-state index in [1.54, 1.807) is 0 Å². The fraction of sp³-hybridized carbons (Fsp3) is 0.278. The van der Waals surface area contributed by atoms with Gasteiger partial charge in [-0.15, -0.1) is 0 Å². The summed E-state index contributed by atoms with van der Waals surface area (Å²) in [6.07, 6.45) is 2.80. The molecule has 0 bridgehead atoms. The van der Waals surface area contributed by atoms with E-state index >= 15 is 0 Å². The summed E-state index contributed by atoms with van der Waals surface area (Å²) >= 11 is 4.36. The summed E-state index contributed by atoms with van der Waals surface area (Å²) < 4.78 is 0. The smallest absolute Gasteiger partial charge is 0.224 e. The zero-order valence-electron chi connectivity index (χ0n) is 11.9. The lowest BCUT2D eigenvalue weighted by molar-refractivity contribution is -0.117. The highest BCUT2D eigenvalue weighted by Crippen LogP contribution is 2.49. The van der Waals surface area contributed by atoms with E-state index in [1.807, 2.05) is 42.5 Å². The molecular formula is C18H19NOS. The van der Waals surface area contributed by atoms with Crippen molar-refractivity contribution in [2.45, 2.75) is 19.3 Å². The number of thiol groups is 1. The summed E-state index contributed by atoms with van der Waals surface area (Å²) in [5.41, 5.74) is 3.20. The van der Waals surface area contributed by atoms with Crippen molar-refractivity contribution < 1.29 is 4.79 Å². The van der Waals surface area contributed by atoms with Gasteiger partial charge in [0.25, 0.3) is 0 Å². The van der Waals surface area contributed by atoms with Crippen LogP contribution in [0.5, 0.6) is 0 Å². The molecule has 1 saturated carbocycles. The van der Waals surface area contributed by atoms with Crippen LogP contribution in [0.15, 0.2) is 54.6 Å². The molecule has 1 aliphatic rings. The normalized spacial score (nSPS) is 15.5. The third kappa shape index (κ3) is 3.30. The average molecular weight is 297 g/mol. The van der Waals surface area contributed by atoms with Crippen LogP contribution in [0.1, 0.15) is 19.3 Å². The summed E-state index contributed by atoms with van der Waals surface area (Å²) in [5.74, 6) is 0.880. The molecule has 3 heteroatoms. The van der Waals surface area contributed by atoms with E-state index in [-0.39, 0.29) is 11.3 Å². The minimum atomic E-state index is 0.0879. The monoisotopic (exact) mass is 297 g/mol. The number of nitrogens with one attached hydrogen (secondary N) is 1. The van der Waals surface area contributed by atoms with Gasteiger partial charge < -0.3 is 5.32 Å². The number of carbonyl (C=O) groups excluding carboxylic acids is 1. The molecule has 2 nitrogen and oxygen atoms in total. The number of hydrogen-bond donors (Lipinski definition) is 2. The first-order chi connectivity index (χ1) is 10.2. The number of hydrogen-bond acceptors (Lipinski definition) is 2. The molecule has 2 aromatic carbocycles. The molecule has 3 rings (SSSR count). The second-order valence-electron chi connectivity index (χ2n) is 5.79. The molecule has 1 aliphatic carbocycles. The van der Waals surface area contributed by atoms with Crippen molar-refractivity contribution in [2.24, 2.45) is 5.41 Å². The lowest BCUT2D eigenvalue weighted by atomic mass is 10.0. The van der Waals surface area contributed by atoms with Gasteiger partial charge in [0.15, 0.2) is 0 Å². The lowest BCUT2D eigenvalue weighted by Crippen LogP contribution is -2.18. The van der Waals surface area contributed by atoms with Crippen LogP contribution in [0.2, 0.25) is 0 Å². The van der Waals surface area contributed by atoms with Crippen LogP contribution in [0.4, 0.5) is 5.69 Å². The topological polar surface area (TPSA) is 29.1 Å².